The first-order valence-corrected chi connectivity index (χ1v) is 7.52. The van der Waals surface area contributed by atoms with Gasteiger partial charge in [-0.25, -0.2) is 4.99 Å². The van der Waals surface area contributed by atoms with Crippen molar-refractivity contribution in [2.45, 2.75) is 18.4 Å². The molecule has 2 aromatic carbocycles. The zero-order valence-electron chi connectivity index (χ0n) is 11.9. The van der Waals surface area contributed by atoms with E-state index in [0.717, 1.165) is 13.0 Å². The Morgan fingerprint density at radius 3 is 2.24 bits per heavy atom. The number of benzene rings is 2. The van der Waals surface area contributed by atoms with Crippen molar-refractivity contribution in [3.63, 3.8) is 0 Å². The zero-order valence-corrected chi connectivity index (χ0v) is 11.9. The Balaban J connectivity index is 1.62. The lowest BCUT2D eigenvalue weighted by atomic mass is 9.98. The third-order valence-electron chi connectivity index (χ3n) is 4.42. The van der Waals surface area contributed by atoms with Crippen LogP contribution < -0.4 is 0 Å². The van der Waals surface area contributed by atoms with Gasteiger partial charge in [0.1, 0.15) is 5.84 Å². The summed E-state index contributed by atoms with van der Waals surface area (Å²) in [4.78, 5) is 7.06. The minimum atomic E-state index is 0.326. The van der Waals surface area contributed by atoms with E-state index in [0.29, 0.717) is 12.0 Å². The van der Waals surface area contributed by atoms with Crippen LogP contribution in [0.5, 0.6) is 0 Å². The van der Waals surface area contributed by atoms with Crippen LogP contribution in [-0.2, 0) is 0 Å². The van der Waals surface area contributed by atoms with Gasteiger partial charge in [0.05, 0.1) is 6.04 Å². The maximum Gasteiger partial charge on any atom is 0.105 e. The molecule has 104 valence electrons. The van der Waals surface area contributed by atoms with E-state index in [-0.39, 0.29) is 0 Å². The topological polar surface area (TPSA) is 15.6 Å². The second kappa shape index (κ2) is 5.21. The number of aliphatic imine (C=N–C) groups is 1. The summed E-state index contributed by atoms with van der Waals surface area (Å²) in [6.07, 6.45) is 5.21. The Bertz CT molecular complexity index is 673. The maximum atomic E-state index is 4.60. The van der Waals surface area contributed by atoms with E-state index in [1.54, 1.807) is 0 Å². The lowest BCUT2D eigenvalue weighted by molar-refractivity contribution is 0.377. The van der Waals surface area contributed by atoms with Gasteiger partial charge in [-0.05, 0) is 17.2 Å². The van der Waals surface area contributed by atoms with Gasteiger partial charge < -0.3 is 4.90 Å². The molecule has 2 aliphatic heterocycles. The van der Waals surface area contributed by atoms with E-state index in [9.17, 15) is 0 Å². The van der Waals surface area contributed by atoms with Gasteiger partial charge in [0.25, 0.3) is 0 Å². The lowest BCUT2D eigenvalue weighted by Crippen LogP contribution is -2.30. The summed E-state index contributed by atoms with van der Waals surface area (Å²) in [5.41, 5.74) is 2.76. The third-order valence-corrected chi connectivity index (χ3v) is 4.42. The Hall–Kier alpha value is -2.35. The quantitative estimate of drug-likeness (QED) is 0.803. The van der Waals surface area contributed by atoms with Crippen LogP contribution in [0.15, 0.2) is 77.9 Å². The highest BCUT2D eigenvalue weighted by Gasteiger charge is 2.34. The van der Waals surface area contributed by atoms with E-state index < -0.39 is 0 Å². The molecular weight excluding hydrogens is 256 g/mol. The highest BCUT2D eigenvalue weighted by molar-refractivity contribution is 5.87. The largest absolute Gasteiger partial charge is 0.349 e. The molecule has 0 aromatic heterocycles. The molecule has 2 heterocycles. The van der Waals surface area contributed by atoms with Gasteiger partial charge in [0.15, 0.2) is 0 Å². The number of hydrogen-bond acceptors (Lipinski definition) is 2. The number of rotatable bonds is 2. The average Bonchev–Trinajstić information content (AvgIpc) is 3.00. The third kappa shape index (κ3) is 2.27. The molecule has 2 aliphatic rings. The summed E-state index contributed by atoms with van der Waals surface area (Å²) in [6, 6.07) is 21.8. The first kappa shape index (κ1) is 12.4. The Morgan fingerprint density at radius 2 is 1.52 bits per heavy atom. The van der Waals surface area contributed by atoms with E-state index in [1.165, 1.54) is 17.0 Å². The monoisotopic (exact) mass is 274 g/mol. The number of nitrogens with zero attached hydrogens (tertiary/aromatic N) is 2. The average molecular weight is 274 g/mol. The summed E-state index contributed by atoms with van der Waals surface area (Å²) in [5.74, 6) is 1.77. The lowest BCUT2D eigenvalue weighted by Gasteiger charge is -2.30. The number of hydrogen-bond donors (Lipinski definition) is 0. The molecular formula is C19H18N2. The van der Waals surface area contributed by atoms with E-state index >= 15 is 0 Å². The van der Waals surface area contributed by atoms with Gasteiger partial charge in [-0.15, -0.1) is 0 Å². The van der Waals surface area contributed by atoms with E-state index in [4.69, 9.17) is 0 Å². The zero-order chi connectivity index (χ0) is 14.1. The predicted octanol–water partition coefficient (Wildman–Crippen LogP) is 4.14. The molecule has 1 saturated heterocycles. The molecule has 0 spiro atoms. The van der Waals surface area contributed by atoms with Crippen molar-refractivity contribution in [1.29, 1.82) is 0 Å². The predicted molar refractivity (Wildman–Crippen MR) is 86.3 cm³/mol. The molecule has 0 N–H and O–H groups in total. The number of amidine groups is 1. The molecule has 0 bridgehead atoms. The van der Waals surface area contributed by atoms with Gasteiger partial charge in [0, 0.05) is 25.1 Å². The second-order valence-electron chi connectivity index (χ2n) is 5.71. The molecule has 2 atom stereocenters. The second-order valence-corrected chi connectivity index (χ2v) is 5.71. The summed E-state index contributed by atoms with van der Waals surface area (Å²) in [6.45, 7) is 1.05. The Kier molecular flexibility index (Phi) is 3.07. The highest BCUT2D eigenvalue weighted by atomic mass is 15.2. The van der Waals surface area contributed by atoms with Crippen LogP contribution in [0.2, 0.25) is 0 Å². The summed E-state index contributed by atoms with van der Waals surface area (Å²) in [5, 5.41) is 0. The molecule has 2 heteroatoms. The molecule has 2 nitrogen and oxygen atoms in total. The first-order valence-electron chi connectivity index (χ1n) is 7.52. The molecule has 0 radical (unpaired) electrons. The van der Waals surface area contributed by atoms with Crippen LogP contribution in [-0.4, -0.2) is 17.3 Å². The molecule has 2 unspecified atom stereocenters. The normalized spacial score (nSPS) is 23.8. The highest BCUT2D eigenvalue weighted by Crippen LogP contribution is 2.37. The molecule has 0 saturated carbocycles. The summed E-state index contributed by atoms with van der Waals surface area (Å²) < 4.78 is 0. The van der Waals surface area contributed by atoms with E-state index in [1.807, 2.05) is 6.20 Å². The summed E-state index contributed by atoms with van der Waals surface area (Å²) in [7, 11) is 0. The fourth-order valence-electron chi connectivity index (χ4n) is 3.35. The van der Waals surface area contributed by atoms with E-state index in [2.05, 4.69) is 76.6 Å². The smallest absolute Gasteiger partial charge is 0.105 e. The first-order chi connectivity index (χ1) is 10.4. The van der Waals surface area contributed by atoms with Crippen LogP contribution in [0.3, 0.4) is 0 Å². The van der Waals surface area contributed by atoms with Gasteiger partial charge in [-0.2, -0.15) is 0 Å². The fraction of sp³-hybridized carbons (Fsp3) is 0.211. The molecule has 0 amide bonds. The van der Waals surface area contributed by atoms with Crippen LogP contribution in [0.1, 0.15) is 29.5 Å². The summed E-state index contributed by atoms with van der Waals surface area (Å²) >= 11 is 0. The van der Waals surface area contributed by atoms with Gasteiger partial charge in [-0.3, -0.25) is 0 Å². The minimum absolute atomic E-state index is 0.326. The van der Waals surface area contributed by atoms with Crippen molar-refractivity contribution in [1.82, 2.24) is 4.90 Å². The molecule has 0 aliphatic carbocycles. The maximum absolute atomic E-state index is 4.60. The molecule has 2 aromatic rings. The van der Waals surface area contributed by atoms with Crippen molar-refractivity contribution in [3.05, 3.63) is 84.1 Å². The minimum Gasteiger partial charge on any atom is -0.349 e. The molecule has 4 rings (SSSR count). The van der Waals surface area contributed by atoms with Crippen molar-refractivity contribution in [2.24, 2.45) is 4.99 Å². The Labute approximate surface area is 125 Å². The van der Waals surface area contributed by atoms with Gasteiger partial charge in [-0.1, -0.05) is 60.7 Å². The van der Waals surface area contributed by atoms with Crippen molar-refractivity contribution in [3.8, 4) is 0 Å². The number of fused-ring (bicyclic) bond motifs is 1. The van der Waals surface area contributed by atoms with Crippen molar-refractivity contribution < 1.29 is 0 Å². The SMILES string of the molecule is C1=CC(c2ccccc2)N2CC(c3ccccc3)CC2=N1. The van der Waals surface area contributed by atoms with Crippen LogP contribution in [0, 0.1) is 0 Å². The van der Waals surface area contributed by atoms with Gasteiger partial charge in [0.2, 0.25) is 0 Å². The molecule has 21 heavy (non-hydrogen) atoms. The standard InChI is InChI=1S/C19H18N2/c1-3-7-15(8-4-1)17-13-19-20-12-11-18(21(19)14-17)16-9-5-2-6-10-16/h1-12,17-18H,13-14H2. The van der Waals surface area contributed by atoms with Crippen LogP contribution >= 0.6 is 0 Å². The van der Waals surface area contributed by atoms with Crippen molar-refractivity contribution >= 4 is 5.84 Å². The fourth-order valence-corrected chi connectivity index (χ4v) is 3.35. The molecule has 1 fully saturated rings. The Morgan fingerprint density at radius 1 is 0.857 bits per heavy atom. The van der Waals surface area contributed by atoms with Gasteiger partial charge >= 0.3 is 0 Å². The van der Waals surface area contributed by atoms with Crippen molar-refractivity contribution in [2.75, 3.05) is 6.54 Å². The van der Waals surface area contributed by atoms with Crippen LogP contribution in [0.4, 0.5) is 0 Å². The van der Waals surface area contributed by atoms with Crippen LogP contribution in [0.25, 0.3) is 0 Å².